The number of hydrogen-bond donors (Lipinski definition) is 2. The largest absolute Gasteiger partial charge is 0.481 e. The number of anilines is 1. The fraction of sp³-hybridized carbons (Fsp3) is 0.167. The third-order valence-corrected chi connectivity index (χ3v) is 3.17. The van der Waals surface area contributed by atoms with Crippen LogP contribution in [0.4, 0.5) is 5.69 Å². The Kier molecular flexibility index (Phi) is 5.18. The molecule has 22 heavy (non-hydrogen) atoms. The van der Waals surface area contributed by atoms with Gasteiger partial charge in [0.2, 0.25) is 0 Å². The highest BCUT2D eigenvalue weighted by atomic mass is 16.5. The average molecular weight is 295 g/mol. The summed E-state index contributed by atoms with van der Waals surface area (Å²) in [5.74, 6) is 2.78. The zero-order valence-electron chi connectivity index (χ0n) is 12.3. The van der Waals surface area contributed by atoms with Crippen LogP contribution in [0.2, 0.25) is 0 Å². The molecule has 0 saturated carbocycles. The van der Waals surface area contributed by atoms with Crippen LogP contribution in [0.1, 0.15) is 21.5 Å². The molecule has 0 saturated heterocycles. The van der Waals surface area contributed by atoms with Gasteiger partial charge in [-0.15, -0.1) is 6.42 Å². The Labute approximate surface area is 129 Å². The molecule has 0 radical (unpaired) electrons. The molecule has 0 aliphatic heterocycles. The van der Waals surface area contributed by atoms with Crippen LogP contribution in [0, 0.1) is 19.3 Å². The van der Waals surface area contributed by atoms with Crippen LogP contribution in [-0.4, -0.2) is 17.6 Å². The molecule has 2 N–H and O–H groups in total. The minimum atomic E-state index is -0.221. The molecule has 0 aliphatic rings. The van der Waals surface area contributed by atoms with Crippen LogP contribution in [0.3, 0.4) is 0 Å². The molecule has 2 aromatic rings. The molecular formula is C18H17NO3. The zero-order chi connectivity index (χ0) is 15.9. The molecule has 4 nitrogen and oxygen atoms in total. The first-order chi connectivity index (χ1) is 10.6. The molecule has 4 heteroatoms. The maximum absolute atomic E-state index is 12.2. The Bertz CT molecular complexity index is 699. The van der Waals surface area contributed by atoms with E-state index < -0.39 is 0 Å². The van der Waals surface area contributed by atoms with E-state index in [0.717, 1.165) is 11.1 Å². The highest BCUT2D eigenvalue weighted by molar-refractivity contribution is 6.04. The van der Waals surface area contributed by atoms with Gasteiger partial charge in [-0.3, -0.25) is 4.79 Å². The van der Waals surface area contributed by atoms with Crippen LogP contribution < -0.4 is 10.1 Å². The molecule has 0 aliphatic carbocycles. The number of rotatable bonds is 5. The van der Waals surface area contributed by atoms with Crippen LogP contribution >= 0.6 is 0 Å². The molecule has 112 valence electrons. The lowest BCUT2D eigenvalue weighted by Crippen LogP contribution is -2.13. The lowest BCUT2D eigenvalue weighted by molar-refractivity contribution is 0.102. The number of amides is 1. The number of aliphatic hydroxyl groups excluding tert-OH is 1. The summed E-state index contributed by atoms with van der Waals surface area (Å²) in [4.78, 5) is 12.2. The van der Waals surface area contributed by atoms with E-state index in [1.165, 1.54) is 0 Å². The monoisotopic (exact) mass is 295 g/mol. The Morgan fingerprint density at radius 3 is 2.64 bits per heavy atom. The summed E-state index contributed by atoms with van der Waals surface area (Å²) < 4.78 is 5.26. The average Bonchev–Trinajstić information content (AvgIpc) is 2.55. The number of aryl methyl sites for hydroxylation is 1. The highest BCUT2D eigenvalue weighted by Gasteiger charge is 2.08. The standard InChI is InChI=1S/C18H17NO3/c1-3-10-22-16-8-6-15(7-9-16)18(21)19-17-11-14(12-20)5-4-13(17)2/h1,4-9,11,20H,10,12H2,2H3,(H,19,21). The predicted octanol–water partition coefficient (Wildman–Crippen LogP) is 2.75. The van der Waals surface area contributed by atoms with E-state index in [1.54, 1.807) is 30.3 Å². The topological polar surface area (TPSA) is 58.6 Å². The third kappa shape index (κ3) is 3.87. The van der Waals surface area contributed by atoms with Crippen LogP contribution in [0.15, 0.2) is 42.5 Å². The molecular weight excluding hydrogens is 278 g/mol. The second-order valence-corrected chi connectivity index (χ2v) is 4.78. The van der Waals surface area contributed by atoms with Crippen molar-refractivity contribution in [2.45, 2.75) is 13.5 Å². The van der Waals surface area contributed by atoms with E-state index in [0.29, 0.717) is 17.0 Å². The molecule has 0 unspecified atom stereocenters. The molecule has 0 fully saturated rings. The maximum atomic E-state index is 12.2. The van der Waals surface area contributed by atoms with Gasteiger partial charge in [0.15, 0.2) is 0 Å². The van der Waals surface area contributed by atoms with Gasteiger partial charge >= 0.3 is 0 Å². The van der Waals surface area contributed by atoms with E-state index in [1.807, 2.05) is 19.1 Å². The molecule has 0 heterocycles. The Hall–Kier alpha value is -2.77. The van der Waals surface area contributed by atoms with Gasteiger partial charge in [-0.25, -0.2) is 0 Å². The number of hydrogen-bond acceptors (Lipinski definition) is 3. The van der Waals surface area contributed by atoms with Crippen molar-refractivity contribution < 1.29 is 14.6 Å². The first-order valence-corrected chi connectivity index (χ1v) is 6.82. The van der Waals surface area contributed by atoms with Crippen molar-refractivity contribution in [1.82, 2.24) is 0 Å². The van der Waals surface area contributed by atoms with Gasteiger partial charge in [0.25, 0.3) is 5.91 Å². The van der Waals surface area contributed by atoms with Gasteiger partial charge in [-0.05, 0) is 48.4 Å². The van der Waals surface area contributed by atoms with Crippen molar-refractivity contribution in [3.63, 3.8) is 0 Å². The van der Waals surface area contributed by atoms with Crippen LogP contribution in [0.25, 0.3) is 0 Å². The second-order valence-electron chi connectivity index (χ2n) is 4.78. The number of terminal acetylenes is 1. The molecule has 0 spiro atoms. The minimum absolute atomic E-state index is 0.0651. The number of nitrogens with one attached hydrogen (secondary N) is 1. The van der Waals surface area contributed by atoms with Crippen molar-refractivity contribution in [3.8, 4) is 18.1 Å². The Morgan fingerprint density at radius 2 is 2.00 bits per heavy atom. The summed E-state index contributed by atoms with van der Waals surface area (Å²) >= 11 is 0. The smallest absolute Gasteiger partial charge is 0.255 e. The fourth-order valence-corrected chi connectivity index (χ4v) is 1.92. The van der Waals surface area contributed by atoms with Crippen molar-refractivity contribution in [2.24, 2.45) is 0 Å². The summed E-state index contributed by atoms with van der Waals surface area (Å²) in [6.45, 7) is 2.02. The summed E-state index contributed by atoms with van der Waals surface area (Å²) in [5, 5.41) is 12.0. The van der Waals surface area contributed by atoms with Gasteiger partial charge in [0.05, 0.1) is 6.61 Å². The summed E-state index contributed by atoms with van der Waals surface area (Å²) in [6, 6.07) is 12.2. The fourth-order valence-electron chi connectivity index (χ4n) is 1.92. The van der Waals surface area contributed by atoms with Gasteiger partial charge in [0.1, 0.15) is 12.4 Å². The van der Waals surface area contributed by atoms with E-state index in [9.17, 15) is 4.79 Å². The van der Waals surface area contributed by atoms with Crippen molar-refractivity contribution in [1.29, 1.82) is 0 Å². The van der Waals surface area contributed by atoms with Gasteiger partial charge in [-0.2, -0.15) is 0 Å². The summed E-state index contributed by atoms with van der Waals surface area (Å²) in [7, 11) is 0. The number of carbonyl (C=O) groups is 1. The highest BCUT2D eigenvalue weighted by Crippen LogP contribution is 2.19. The Morgan fingerprint density at radius 1 is 1.27 bits per heavy atom. The van der Waals surface area contributed by atoms with E-state index >= 15 is 0 Å². The molecule has 0 atom stereocenters. The van der Waals surface area contributed by atoms with Gasteiger partial charge in [-0.1, -0.05) is 18.1 Å². The molecule has 1 amide bonds. The van der Waals surface area contributed by atoms with Crippen LogP contribution in [0.5, 0.6) is 5.75 Å². The second kappa shape index (κ2) is 7.30. The van der Waals surface area contributed by atoms with E-state index in [-0.39, 0.29) is 19.1 Å². The maximum Gasteiger partial charge on any atom is 0.255 e. The minimum Gasteiger partial charge on any atom is -0.481 e. The number of carbonyl (C=O) groups excluding carboxylic acids is 1. The van der Waals surface area contributed by atoms with Crippen molar-refractivity contribution in [2.75, 3.05) is 11.9 Å². The molecule has 0 aromatic heterocycles. The normalized spacial score (nSPS) is 9.86. The third-order valence-electron chi connectivity index (χ3n) is 3.17. The first-order valence-electron chi connectivity index (χ1n) is 6.82. The molecule has 2 aromatic carbocycles. The molecule has 0 bridgehead atoms. The quantitative estimate of drug-likeness (QED) is 0.834. The zero-order valence-corrected chi connectivity index (χ0v) is 12.3. The van der Waals surface area contributed by atoms with Crippen molar-refractivity contribution >= 4 is 11.6 Å². The van der Waals surface area contributed by atoms with Gasteiger partial charge in [0, 0.05) is 11.3 Å². The number of aliphatic hydroxyl groups is 1. The summed E-state index contributed by atoms with van der Waals surface area (Å²) in [5.41, 5.74) is 2.88. The van der Waals surface area contributed by atoms with E-state index in [4.69, 9.17) is 16.3 Å². The van der Waals surface area contributed by atoms with Crippen LogP contribution in [-0.2, 0) is 6.61 Å². The number of benzene rings is 2. The number of ether oxygens (including phenoxy) is 1. The van der Waals surface area contributed by atoms with Gasteiger partial charge < -0.3 is 15.2 Å². The Balaban J connectivity index is 2.10. The van der Waals surface area contributed by atoms with E-state index in [2.05, 4.69) is 11.2 Å². The first kappa shape index (κ1) is 15.6. The van der Waals surface area contributed by atoms with Crippen molar-refractivity contribution in [3.05, 3.63) is 59.2 Å². The summed E-state index contributed by atoms with van der Waals surface area (Å²) in [6.07, 6.45) is 5.12. The lowest BCUT2D eigenvalue weighted by atomic mass is 10.1. The SMILES string of the molecule is C#CCOc1ccc(C(=O)Nc2cc(CO)ccc2C)cc1. The molecule has 2 rings (SSSR count). The predicted molar refractivity (Wildman–Crippen MR) is 85.8 cm³/mol. The lowest BCUT2D eigenvalue weighted by Gasteiger charge is -2.10.